The molecule has 0 unspecified atom stereocenters. The molecule has 2 aromatic rings. The normalized spacial score (nSPS) is 16.6. The number of amides is 1. The van der Waals surface area contributed by atoms with Crippen molar-refractivity contribution in [2.45, 2.75) is 51.5 Å². The first-order valence-electron chi connectivity index (χ1n) is 7.96. The maximum atomic E-state index is 12.9. The van der Waals surface area contributed by atoms with Gasteiger partial charge >= 0.3 is 0 Å². The molecule has 4 nitrogen and oxygen atoms in total. The number of aromatic amines is 1. The van der Waals surface area contributed by atoms with Gasteiger partial charge in [0.05, 0.1) is 11.6 Å². The Bertz CT molecular complexity index is 668. The molecule has 3 rings (SSSR count). The average molecular weight is 297 g/mol. The number of aryl methyl sites for hydroxylation is 2. The fraction of sp³-hybridized carbons (Fsp3) is 0.444. The average Bonchev–Trinajstić information content (AvgIpc) is 3.15. The number of H-pyrrole nitrogens is 1. The standard InChI is InChI=1S/C18H23N3O/c1-13-6-5-7-16(10-13)18(8-3-4-9-18)17(22)19-11-15-12-20-21-14(15)2/h5-7,10,12H,3-4,8-9,11H2,1-2H3,(H,19,22)(H,20,21). The molecule has 1 heterocycles. The molecule has 1 aromatic carbocycles. The van der Waals surface area contributed by atoms with Crippen LogP contribution in [0.2, 0.25) is 0 Å². The van der Waals surface area contributed by atoms with Crippen LogP contribution in [0.1, 0.15) is 48.1 Å². The zero-order valence-corrected chi connectivity index (χ0v) is 13.3. The summed E-state index contributed by atoms with van der Waals surface area (Å²) < 4.78 is 0. The van der Waals surface area contributed by atoms with Gasteiger partial charge in [-0.3, -0.25) is 9.89 Å². The predicted octanol–water partition coefficient (Wildman–Crippen LogP) is 3.15. The van der Waals surface area contributed by atoms with Gasteiger partial charge in [-0.25, -0.2) is 0 Å². The molecule has 4 heteroatoms. The van der Waals surface area contributed by atoms with E-state index in [2.05, 4.69) is 46.7 Å². The van der Waals surface area contributed by atoms with Crippen LogP contribution in [0, 0.1) is 13.8 Å². The van der Waals surface area contributed by atoms with E-state index in [1.807, 2.05) is 6.92 Å². The Hall–Kier alpha value is -2.10. The first kappa shape index (κ1) is 14.8. The van der Waals surface area contributed by atoms with E-state index in [4.69, 9.17) is 0 Å². The zero-order chi connectivity index (χ0) is 15.6. The highest BCUT2D eigenvalue weighted by Gasteiger charge is 2.42. The van der Waals surface area contributed by atoms with E-state index >= 15 is 0 Å². The lowest BCUT2D eigenvalue weighted by atomic mass is 9.77. The molecule has 1 amide bonds. The number of carbonyl (C=O) groups excluding carboxylic acids is 1. The lowest BCUT2D eigenvalue weighted by Gasteiger charge is -2.28. The summed E-state index contributed by atoms with van der Waals surface area (Å²) in [6, 6.07) is 8.39. The zero-order valence-electron chi connectivity index (χ0n) is 13.3. The molecule has 0 radical (unpaired) electrons. The molecule has 1 aliphatic carbocycles. The predicted molar refractivity (Wildman–Crippen MR) is 86.5 cm³/mol. The van der Waals surface area contributed by atoms with Crippen molar-refractivity contribution >= 4 is 5.91 Å². The van der Waals surface area contributed by atoms with E-state index < -0.39 is 0 Å². The summed E-state index contributed by atoms with van der Waals surface area (Å²) in [5.41, 5.74) is 4.07. The van der Waals surface area contributed by atoms with Crippen molar-refractivity contribution < 1.29 is 4.79 Å². The van der Waals surface area contributed by atoms with Gasteiger partial charge in [0.15, 0.2) is 0 Å². The summed E-state index contributed by atoms with van der Waals surface area (Å²) >= 11 is 0. The van der Waals surface area contributed by atoms with E-state index in [-0.39, 0.29) is 11.3 Å². The second-order valence-electron chi connectivity index (χ2n) is 6.36. The van der Waals surface area contributed by atoms with Crippen molar-refractivity contribution in [3.8, 4) is 0 Å². The van der Waals surface area contributed by atoms with Gasteiger partial charge < -0.3 is 5.32 Å². The minimum absolute atomic E-state index is 0.149. The molecule has 1 aliphatic rings. The van der Waals surface area contributed by atoms with Crippen LogP contribution in [-0.2, 0) is 16.8 Å². The summed E-state index contributed by atoms with van der Waals surface area (Å²) in [5, 5.41) is 10.0. The van der Waals surface area contributed by atoms with Crippen molar-refractivity contribution in [3.05, 3.63) is 52.8 Å². The van der Waals surface area contributed by atoms with Crippen LogP contribution < -0.4 is 5.32 Å². The first-order valence-corrected chi connectivity index (χ1v) is 7.96. The largest absolute Gasteiger partial charge is 0.351 e. The third-order valence-electron chi connectivity index (χ3n) is 4.84. The number of benzene rings is 1. The molecule has 1 saturated carbocycles. The topological polar surface area (TPSA) is 57.8 Å². The van der Waals surface area contributed by atoms with E-state index in [0.717, 1.165) is 42.5 Å². The Kier molecular flexibility index (Phi) is 4.01. The number of hydrogen-bond acceptors (Lipinski definition) is 2. The molecular weight excluding hydrogens is 274 g/mol. The number of aromatic nitrogens is 2. The second kappa shape index (κ2) is 5.95. The van der Waals surface area contributed by atoms with E-state index in [1.54, 1.807) is 6.20 Å². The third kappa shape index (κ3) is 2.65. The fourth-order valence-corrected chi connectivity index (χ4v) is 3.47. The van der Waals surface area contributed by atoms with Crippen LogP contribution in [0.5, 0.6) is 0 Å². The van der Waals surface area contributed by atoms with Crippen molar-refractivity contribution in [2.24, 2.45) is 0 Å². The molecule has 0 saturated heterocycles. The number of carbonyl (C=O) groups is 1. The van der Waals surface area contributed by atoms with Crippen molar-refractivity contribution in [1.29, 1.82) is 0 Å². The van der Waals surface area contributed by atoms with E-state index in [1.165, 1.54) is 5.56 Å². The Labute approximate surface area is 131 Å². The number of nitrogens with one attached hydrogen (secondary N) is 2. The van der Waals surface area contributed by atoms with E-state index in [0.29, 0.717) is 6.54 Å². The van der Waals surface area contributed by atoms with Gasteiger partial charge in [-0.15, -0.1) is 0 Å². The van der Waals surface area contributed by atoms with E-state index in [9.17, 15) is 4.79 Å². The summed E-state index contributed by atoms with van der Waals surface area (Å²) in [6.45, 7) is 4.59. The highest BCUT2D eigenvalue weighted by Crippen LogP contribution is 2.41. The maximum absolute atomic E-state index is 12.9. The lowest BCUT2D eigenvalue weighted by molar-refractivity contribution is -0.126. The van der Waals surface area contributed by atoms with Gasteiger partial charge in [-0.1, -0.05) is 42.7 Å². The molecule has 116 valence electrons. The second-order valence-corrected chi connectivity index (χ2v) is 6.36. The highest BCUT2D eigenvalue weighted by atomic mass is 16.2. The van der Waals surface area contributed by atoms with Crippen LogP contribution in [0.15, 0.2) is 30.5 Å². The Morgan fingerprint density at radius 2 is 2.09 bits per heavy atom. The molecule has 1 aromatic heterocycles. The Morgan fingerprint density at radius 1 is 1.32 bits per heavy atom. The van der Waals surface area contributed by atoms with Gasteiger partial charge in [0, 0.05) is 17.8 Å². The van der Waals surface area contributed by atoms with Crippen LogP contribution in [0.4, 0.5) is 0 Å². The third-order valence-corrected chi connectivity index (χ3v) is 4.84. The van der Waals surface area contributed by atoms with Crippen molar-refractivity contribution in [3.63, 3.8) is 0 Å². The monoisotopic (exact) mass is 297 g/mol. The SMILES string of the molecule is Cc1cccc(C2(C(=O)NCc3cn[nH]c3C)CCCC2)c1. The van der Waals surface area contributed by atoms with Crippen LogP contribution in [0.3, 0.4) is 0 Å². The molecule has 1 fully saturated rings. The van der Waals surface area contributed by atoms with Gasteiger partial charge in [-0.05, 0) is 32.3 Å². The summed E-state index contributed by atoms with van der Waals surface area (Å²) in [5.74, 6) is 0.149. The van der Waals surface area contributed by atoms with Crippen molar-refractivity contribution in [1.82, 2.24) is 15.5 Å². The lowest BCUT2D eigenvalue weighted by Crippen LogP contribution is -2.42. The molecule has 0 bridgehead atoms. The number of rotatable bonds is 4. The van der Waals surface area contributed by atoms with Gasteiger partial charge in [0.2, 0.25) is 5.91 Å². The van der Waals surface area contributed by atoms with Gasteiger partial charge in [0.1, 0.15) is 0 Å². The number of hydrogen-bond donors (Lipinski definition) is 2. The minimum atomic E-state index is -0.357. The molecule has 22 heavy (non-hydrogen) atoms. The molecule has 0 atom stereocenters. The molecule has 0 aliphatic heterocycles. The maximum Gasteiger partial charge on any atom is 0.230 e. The van der Waals surface area contributed by atoms with Gasteiger partial charge in [0.25, 0.3) is 0 Å². The minimum Gasteiger partial charge on any atom is -0.351 e. The quantitative estimate of drug-likeness (QED) is 0.910. The Morgan fingerprint density at radius 3 is 2.73 bits per heavy atom. The Balaban J connectivity index is 1.81. The van der Waals surface area contributed by atoms with Crippen molar-refractivity contribution in [2.75, 3.05) is 0 Å². The van der Waals surface area contributed by atoms with Gasteiger partial charge in [-0.2, -0.15) is 5.10 Å². The summed E-state index contributed by atoms with van der Waals surface area (Å²) in [4.78, 5) is 12.9. The fourth-order valence-electron chi connectivity index (χ4n) is 3.47. The van der Waals surface area contributed by atoms with Crippen LogP contribution in [0.25, 0.3) is 0 Å². The first-order chi connectivity index (χ1) is 10.6. The van der Waals surface area contributed by atoms with Crippen LogP contribution in [-0.4, -0.2) is 16.1 Å². The number of nitrogens with zero attached hydrogens (tertiary/aromatic N) is 1. The summed E-state index contributed by atoms with van der Waals surface area (Å²) in [6.07, 6.45) is 5.89. The smallest absolute Gasteiger partial charge is 0.230 e. The molecule has 0 spiro atoms. The highest BCUT2D eigenvalue weighted by molar-refractivity contribution is 5.88. The van der Waals surface area contributed by atoms with Crippen LogP contribution >= 0.6 is 0 Å². The molecule has 2 N–H and O–H groups in total. The molecular formula is C18H23N3O. The summed E-state index contributed by atoms with van der Waals surface area (Å²) in [7, 11) is 0.